The Morgan fingerprint density at radius 3 is 2.15 bits per heavy atom. The molecule has 6 heteroatoms. The summed E-state index contributed by atoms with van der Waals surface area (Å²) in [5.41, 5.74) is 6.16. The molecule has 0 aromatic heterocycles. The van der Waals surface area contributed by atoms with Crippen molar-refractivity contribution in [2.45, 2.75) is 24.3 Å². The first kappa shape index (κ1) is 18.5. The minimum absolute atomic E-state index is 0.156. The molecule has 1 aliphatic rings. The summed E-state index contributed by atoms with van der Waals surface area (Å²) in [5.74, 6) is 0. The Hall–Kier alpha value is -2.24. The highest BCUT2D eigenvalue weighted by Crippen LogP contribution is 2.46. The van der Waals surface area contributed by atoms with E-state index in [1.54, 1.807) is 30.3 Å². The van der Waals surface area contributed by atoms with E-state index in [1.807, 2.05) is 30.3 Å². The van der Waals surface area contributed by atoms with Gasteiger partial charge < -0.3 is 10.5 Å². The van der Waals surface area contributed by atoms with Crippen molar-refractivity contribution in [3.8, 4) is 0 Å². The van der Waals surface area contributed by atoms with Crippen molar-refractivity contribution in [2.24, 2.45) is 5.73 Å². The van der Waals surface area contributed by atoms with Gasteiger partial charge in [-0.1, -0.05) is 72.3 Å². The standard InChI is InChI=1S/C20H17ClF3NO/c21-19(26-13-14-7-3-1-4-8-14)12-18(25)17(20(22,23)24)11-16(19)15-9-5-2-6-10-15/h1-11H,12-13,25H2. The Morgan fingerprint density at radius 2 is 1.58 bits per heavy atom. The third-order valence-corrected chi connectivity index (χ3v) is 4.60. The van der Waals surface area contributed by atoms with Crippen LogP contribution in [0.2, 0.25) is 0 Å². The van der Waals surface area contributed by atoms with Gasteiger partial charge in [0, 0.05) is 17.7 Å². The van der Waals surface area contributed by atoms with Crippen molar-refractivity contribution in [2.75, 3.05) is 0 Å². The molecule has 0 saturated heterocycles. The highest BCUT2D eigenvalue weighted by Gasteiger charge is 2.44. The summed E-state index contributed by atoms with van der Waals surface area (Å²) in [7, 11) is 0. The molecular formula is C20H17ClF3NO. The fraction of sp³-hybridized carbons (Fsp3) is 0.200. The summed E-state index contributed by atoms with van der Waals surface area (Å²) in [6.07, 6.45) is -3.81. The lowest BCUT2D eigenvalue weighted by atomic mass is 9.88. The van der Waals surface area contributed by atoms with Gasteiger partial charge in [0.05, 0.1) is 12.2 Å². The number of hydrogen-bond acceptors (Lipinski definition) is 2. The van der Waals surface area contributed by atoms with Crippen LogP contribution in [0, 0.1) is 0 Å². The van der Waals surface area contributed by atoms with Crippen molar-refractivity contribution in [3.05, 3.63) is 89.1 Å². The maximum absolute atomic E-state index is 13.3. The van der Waals surface area contributed by atoms with Crippen LogP contribution in [0.15, 0.2) is 78.0 Å². The van der Waals surface area contributed by atoms with E-state index in [-0.39, 0.29) is 24.3 Å². The van der Waals surface area contributed by atoms with Crippen LogP contribution in [0.1, 0.15) is 17.5 Å². The van der Waals surface area contributed by atoms with Crippen molar-refractivity contribution in [3.63, 3.8) is 0 Å². The third-order valence-electron chi connectivity index (χ3n) is 4.16. The van der Waals surface area contributed by atoms with Crippen LogP contribution < -0.4 is 5.73 Å². The first-order chi connectivity index (χ1) is 12.3. The van der Waals surface area contributed by atoms with E-state index in [1.165, 1.54) is 0 Å². The predicted molar refractivity (Wildman–Crippen MR) is 96.1 cm³/mol. The summed E-state index contributed by atoms with van der Waals surface area (Å²) in [6, 6.07) is 17.9. The summed E-state index contributed by atoms with van der Waals surface area (Å²) < 4.78 is 45.8. The SMILES string of the molecule is NC1=C(C(F)(F)F)C=C(c2ccccc2)C(Cl)(OCc2ccccc2)C1. The lowest BCUT2D eigenvalue weighted by Gasteiger charge is -2.35. The monoisotopic (exact) mass is 379 g/mol. The quantitative estimate of drug-likeness (QED) is 0.722. The third kappa shape index (κ3) is 3.94. The van der Waals surface area contributed by atoms with E-state index >= 15 is 0 Å². The largest absolute Gasteiger partial charge is 0.418 e. The molecule has 0 aliphatic heterocycles. The molecule has 1 unspecified atom stereocenters. The Balaban J connectivity index is 1.98. The zero-order valence-electron chi connectivity index (χ0n) is 13.8. The number of benzene rings is 2. The minimum Gasteiger partial charge on any atom is -0.401 e. The van der Waals surface area contributed by atoms with Crippen LogP contribution in [0.4, 0.5) is 13.2 Å². The lowest BCUT2D eigenvalue weighted by Crippen LogP contribution is -2.35. The van der Waals surface area contributed by atoms with E-state index in [9.17, 15) is 13.2 Å². The van der Waals surface area contributed by atoms with Gasteiger partial charge in [0.25, 0.3) is 0 Å². The van der Waals surface area contributed by atoms with Crippen LogP contribution >= 0.6 is 11.6 Å². The molecule has 2 N–H and O–H groups in total. The first-order valence-corrected chi connectivity index (χ1v) is 8.37. The first-order valence-electron chi connectivity index (χ1n) is 8.00. The van der Waals surface area contributed by atoms with E-state index in [4.69, 9.17) is 22.1 Å². The number of rotatable bonds is 4. The second-order valence-corrected chi connectivity index (χ2v) is 6.65. The van der Waals surface area contributed by atoms with Gasteiger partial charge in [-0.2, -0.15) is 13.2 Å². The van der Waals surface area contributed by atoms with E-state index < -0.39 is 16.8 Å². The fourth-order valence-electron chi connectivity index (χ4n) is 2.86. The second-order valence-electron chi connectivity index (χ2n) is 6.04. The lowest BCUT2D eigenvalue weighted by molar-refractivity contribution is -0.0900. The molecule has 3 rings (SSSR count). The number of hydrogen-bond donors (Lipinski definition) is 1. The van der Waals surface area contributed by atoms with Crippen molar-refractivity contribution in [1.29, 1.82) is 0 Å². The summed E-state index contributed by atoms with van der Waals surface area (Å²) in [5, 5.41) is -1.48. The number of halogens is 4. The van der Waals surface area contributed by atoms with Gasteiger partial charge in [0.15, 0.2) is 5.06 Å². The van der Waals surface area contributed by atoms with Crippen LogP contribution in [-0.4, -0.2) is 11.2 Å². The number of nitrogens with two attached hydrogens (primary N) is 1. The second kappa shape index (κ2) is 7.17. The summed E-state index contributed by atoms with van der Waals surface area (Å²) in [4.78, 5) is 0. The molecule has 0 amide bonds. The molecule has 0 spiro atoms. The van der Waals surface area contributed by atoms with Gasteiger partial charge in [0.2, 0.25) is 0 Å². The van der Waals surface area contributed by atoms with Crippen LogP contribution in [0.5, 0.6) is 0 Å². The molecule has 2 nitrogen and oxygen atoms in total. The van der Waals surface area contributed by atoms with Crippen molar-refractivity contribution in [1.82, 2.24) is 0 Å². The summed E-state index contributed by atoms with van der Waals surface area (Å²) >= 11 is 6.66. The highest BCUT2D eigenvalue weighted by molar-refractivity contribution is 6.29. The van der Waals surface area contributed by atoms with Crippen LogP contribution in [-0.2, 0) is 11.3 Å². The molecule has 0 bridgehead atoms. The normalized spacial score (nSPS) is 20.8. The molecule has 1 atom stereocenters. The van der Waals surface area contributed by atoms with Gasteiger partial charge >= 0.3 is 6.18 Å². The average Bonchev–Trinajstić information content (AvgIpc) is 2.61. The zero-order valence-corrected chi connectivity index (χ0v) is 14.5. The van der Waals surface area contributed by atoms with Gasteiger partial charge in [-0.05, 0) is 17.2 Å². The Labute approximate surface area is 154 Å². The highest BCUT2D eigenvalue weighted by atomic mass is 35.5. The molecule has 0 heterocycles. The molecule has 0 fully saturated rings. The molecule has 2 aromatic rings. The van der Waals surface area contributed by atoms with Gasteiger partial charge in [-0.3, -0.25) is 0 Å². The summed E-state index contributed by atoms with van der Waals surface area (Å²) in [6.45, 7) is 0.156. The van der Waals surface area contributed by atoms with Crippen LogP contribution in [0.25, 0.3) is 5.57 Å². The maximum Gasteiger partial charge on any atom is 0.418 e. The van der Waals surface area contributed by atoms with E-state index in [2.05, 4.69) is 0 Å². The van der Waals surface area contributed by atoms with Crippen LogP contribution in [0.3, 0.4) is 0 Å². The smallest absolute Gasteiger partial charge is 0.401 e. The Kier molecular flexibility index (Phi) is 5.12. The topological polar surface area (TPSA) is 35.2 Å². The Bertz CT molecular complexity index is 831. The minimum atomic E-state index is -4.55. The van der Waals surface area contributed by atoms with Crippen molar-refractivity contribution < 1.29 is 17.9 Å². The number of allylic oxidation sites excluding steroid dienone is 2. The van der Waals surface area contributed by atoms with E-state index in [0.29, 0.717) is 5.56 Å². The average molecular weight is 380 g/mol. The molecule has 2 aromatic carbocycles. The fourth-order valence-corrected chi connectivity index (χ4v) is 3.22. The zero-order chi connectivity index (χ0) is 18.8. The Morgan fingerprint density at radius 1 is 1.00 bits per heavy atom. The molecule has 0 radical (unpaired) electrons. The molecular weight excluding hydrogens is 363 g/mol. The molecule has 0 saturated carbocycles. The molecule has 136 valence electrons. The van der Waals surface area contributed by atoms with E-state index in [0.717, 1.165) is 11.6 Å². The number of alkyl halides is 4. The van der Waals surface area contributed by atoms with Gasteiger partial charge in [-0.25, -0.2) is 0 Å². The van der Waals surface area contributed by atoms with Gasteiger partial charge in [0.1, 0.15) is 0 Å². The van der Waals surface area contributed by atoms with Gasteiger partial charge in [-0.15, -0.1) is 0 Å². The predicted octanol–water partition coefficient (Wildman–Crippen LogP) is 5.40. The maximum atomic E-state index is 13.3. The van der Waals surface area contributed by atoms with Crippen molar-refractivity contribution >= 4 is 17.2 Å². The molecule has 26 heavy (non-hydrogen) atoms. The number of ether oxygens (including phenoxy) is 1. The molecule has 1 aliphatic carbocycles.